The van der Waals surface area contributed by atoms with Gasteiger partial charge < -0.3 is 10.4 Å². The Kier molecular flexibility index (Phi) is 5.65. The van der Waals surface area contributed by atoms with Gasteiger partial charge in [-0.05, 0) is 48.8 Å². The number of nitrogens with one attached hydrogen (secondary N) is 1. The van der Waals surface area contributed by atoms with Crippen molar-refractivity contribution in [2.45, 2.75) is 37.6 Å². The zero-order chi connectivity index (χ0) is 16.8. The van der Waals surface area contributed by atoms with E-state index in [0.29, 0.717) is 18.3 Å². The van der Waals surface area contributed by atoms with Crippen LogP contribution in [-0.2, 0) is 11.2 Å². The lowest BCUT2D eigenvalue weighted by Crippen LogP contribution is -2.33. The maximum Gasteiger partial charge on any atom is 0.303 e. The fourth-order valence-corrected chi connectivity index (χ4v) is 3.37. The summed E-state index contributed by atoms with van der Waals surface area (Å²) in [5, 5.41) is 12.6. The number of aliphatic carboxylic acids is 1. The fraction of sp³-hybridized carbons (Fsp3) is 0.381. The minimum atomic E-state index is -0.719. The summed E-state index contributed by atoms with van der Waals surface area (Å²) >= 11 is 0. The Hall–Kier alpha value is -2.13. The van der Waals surface area contributed by atoms with Crippen molar-refractivity contribution in [3.8, 4) is 0 Å². The molecule has 24 heavy (non-hydrogen) atoms. The SMILES string of the molecule is O=C(O)CCC(Cc1ccccc1)NC[C@@H]1C[C@H]1c1ccccc1. The van der Waals surface area contributed by atoms with Gasteiger partial charge in [0.25, 0.3) is 0 Å². The van der Waals surface area contributed by atoms with Gasteiger partial charge in [0.05, 0.1) is 0 Å². The molecule has 2 N–H and O–H groups in total. The summed E-state index contributed by atoms with van der Waals surface area (Å²) in [7, 11) is 0. The Morgan fingerprint density at radius 1 is 1.08 bits per heavy atom. The Morgan fingerprint density at radius 3 is 2.42 bits per heavy atom. The molecule has 0 heterocycles. The highest BCUT2D eigenvalue weighted by Crippen LogP contribution is 2.46. The van der Waals surface area contributed by atoms with E-state index >= 15 is 0 Å². The van der Waals surface area contributed by atoms with Crippen molar-refractivity contribution < 1.29 is 9.90 Å². The van der Waals surface area contributed by atoms with Gasteiger partial charge in [0, 0.05) is 12.5 Å². The predicted octanol–water partition coefficient (Wildman–Crippen LogP) is 3.86. The highest BCUT2D eigenvalue weighted by Gasteiger charge is 2.37. The van der Waals surface area contributed by atoms with Crippen LogP contribution in [0.4, 0.5) is 0 Å². The highest BCUT2D eigenvalue weighted by molar-refractivity contribution is 5.66. The third kappa shape index (κ3) is 4.93. The Morgan fingerprint density at radius 2 is 1.75 bits per heavy atom. The van der Waals surface area contributed by atoms with E-state index in [4.69, 9.17) is 5.11 Å². The van der Waals surface area contributed by atoms with Crippen LogP contribution in [0.2, 0.25) is 0 Å². The van der Waals surface area contributed by atoms with Crippen LogP contribution < -0.4 is 5.32 Å². The zero-order valence-corrected chi connectivity index (χ0v) is 13.9. The largest absolute Gasteiger partial charge is 0.481 e. The van der Waals surface area contributed by atoms with E-state index < -0.39 is 5.97 Å². The lowest BCUT2D eigenvalue weighted by Gasteiger charge is -2.18. The van der Waals surface area contributed by atoms with Crippen LogP contribution >= 0.6 is 0 Å². The van der Waals surface area contributed by atoms with Crippen LogP contribution in [0.15, 0.2) is 60.7 Å². The van der Waals surface area contributed by atoms with Crippen molar-refractivity contribution >= 4 is 5.97 Å². The van der Waals surface area contributed by atoms with Crippen LogP contribution in [0, 0.1) is 5.92 Å². The molecule has 0 amide bonds. The van der Waals surface area contributed by atoms with Crippen LogP contribution in [0.1, 0.15) is 36.3 Å². The first kappa shape index (κ1) is 16.7. The van der Waals surface area contributed by atoms with E-state index in [9.17, 15) is 4.79 Å². The Labute approximate surface area is 143 Å². The summed E-state index contributed by atoms with van der Waals surface area (Å²) in [6.07, 6.45) is 3.01. The Balaban J connectivity index is 1.51. The molecule has 0 bridgehead atoms. The molecule has 1 saturated carbocycles. The first-order chi connectivity index (χ1) is 11.7. The second kappa shape index (κ2) is 8.11. The predicted molar refractivity (Wildman–Crippen MR) is 96.1 cm³/mol. The minimum absolute atomic E-state index is 0.220. The number of hydrogen-bond donors (Lipinski definition) is 2. The quantitative estimate of drug-likeness (QED) is 0.737. The molecule has 3 heteroatoms. The molecule has 0 saturated heterocycles. The maximum absolute atomic E-state index is 10.9. The van der Waals surface area contributed by atoms with Gasteiger partial charge in [0.2, 0.25) is 0 Å². The first-order valence-corrected chi connectivity index (χ1v) is 8.76. The molecule has 1 fully saturated rings. The third-order valence-corrected chi connectivity index (χ3v) is 4.85. The van der Waals surface area contributed by atoms with Gasteiger partial charge in [-0.2, -0.15) is 0 Å². The molecule has 0 radical (unpaired) electrons. The summed E-state index contributed by atoms with van der Waals surface area (Å²) in [4.78, 5) is 10.9. The molecular formula is C21H25NO2. The summed E-state index contributed by atoms with van der Waals surface area (Å²) in [5.41, 5.74) is 2.69. The van der Waals surface area contributed by atoms with Gasteiger partial charge in [-0.3, -0.25) is 4.79 Å². The number of rotatable bonds is 9. The van der Waals surface area contributed by atoms with Crippen LogP contribution in [0.5, 0.6) is 0 Å². The lowest BCUT2D eigenvalue weighted by atomic mass is 10.0. The normalized spacial score (nSPS) is 20.5. The van der Waals surface area contributed by atoms with Crippen molar-refractivity contribution in [3.05, 3.63) is 71.8 Å². The van der Waals surface area contributed by atoms with Gasteiger partial charge in [0.15, 0.2) is 0 Å². The van der Waals surface area contributed by atoms with Crippen LogP contribution in [0.3, 0.4) is 0 Å². The van der Waals surface area contributed by atoms with Gasteiger partial charge in [-0.1, -0.05) is 60.7 Å². The molecule has 126 valence electrons. The average Bonchev–Trinajstić information content (AvgIpc) is 3.38. The monoisotopic (exact) mass is 323 g/mol. The van der Waals surface area contributed by atoms with Crippen LogP contribution in [-0.4, -0.2) is 23.7 Å². The number of benzene rings is 2. The summed E-state index contributed by atoms with van der Waals surface area (Å²) in [6.45, 7) is 0.969. The second-order valence-corrected chi connectivity index (χ2v) is 6.74. The molecule has 1 aliphatic rings. The van der Waals surface area contributed by atoms with Gasteiger partial charge >= 0.3 is 5.97 Å². The number of hydrogen-bond acceptors (Lipinski definition) is 2. The highest BCUT2D eigenvalue weighted by atomic mass is 16.4. The van der Waals surface area contributed by atoms with Gasteiger partial charge in [0.1, 0.15) is 0 Å². The molecule has 3 atom stereocenters. The van der Waals surface area contributed by atoms with Crippen LogP contribution in [0.25, 0.3) is 0 Å². The topological polar surface area (TPSA) is 49.3 Å². The summed E-state index contributed by atoms with van der Waals surface area (Å²) in [5.74, 6) is 0.620. The first-order valence-electron chi connectivity index (χ1n) is 8.76. The van der Waals surface area contributed by atoms with E-state index in [0.717, 1.165) is 13.0 Å². The molecule has 3 rings (SSSR count). The van der Waals surface area contributed by atoms with E-state index in [2.05, 4.69) is 47.8 Å². The molecule has 0 aliphatic heterocycles. The van der Waals surface area contributed by atoms with E-state index in [1.165, 1.54) is 17.5 Å². The van der Waals surface area contributed by atoms with Gasteiger partial charge in [-0.15, -0.1) is 0 Å². The van der Waals surface area contributed by atoms with Crippen molar-refractivity contribution in [3.63, 3.8) is 0 Å². The second-order valence-electron chi connectivity index (χ2n) is 6.74. The van der Waals surface area contributed by atoms with E-state index in [-0.39, 0.29) is 12.5 Å². The third-order valence-electron chi connectivity index (χ3n) is 4.85. The molecule has 1 aliphatic carbocycles. The molecule has 2 aromatic carbocycles. The average molecular weight is 323 g/mol. The van der Waals surface area contributed by atoms with Crippen molar-refractivity contribution in [2.75, 3.05) is 6.54 Å². The smallest absolute Gasteiger partial charge is 0.303 e. The molecule has 0 aromatic heterocycles. The van der Waals surface area contributed by atoms with E-state index in [1.54, 1.807) is 0 Å². The van der Waals surface area contributed by atoms with Crippen molar-refractivity contribution in [1.82, 2.24) is 5.32 Å². The fourth-order valence-electron chi connectivity index (χ4n) is 3.37. The lowest BCUT2D eigenvalue weighted by molar-refractivity contribution is -0.137. The molecular weight excluding hydrogens is 298 g/mol. The van der Waals surface area contributed by atoms with Crippen molar-refractivity contribution in [2.24, 2.45) is 5.92 Å². The number of carboxylic acids is 1. The number of carboxylic acid groups (broad SMARTS) is 1. The molecule has 3 nitrogen and oxygen atoms in total. The molecule has 1 unspecified atom stereocenters. The van der Waals surface area contributed by atoms with E-state index in [1.807, 2.05) is 18.2 Å². The summed E-state index contributed by atoms with van der Waals surface area (Å²) in [6, 6.07) is 21.2. The summed E-state index contributed by atoms with van der Waals surface area (Å²) < 4.78 is 0. The minimum Gasteiger partial charge on any atom is -0.481 e. The molecule has 2 aromatic rings. The molecule has 0 spiro atoms. The zero-order valence-electron chi connectivity index (χ0n) is 13.9. The number of carbonyl (C=O) groups is 1. The van der Waals surface area contributed by atoms with Gasteiger partial charge in [-0.25, -0.2) is 0 Å². The standard InChI is InChI=1S/C21H25NO2/c23-21(24)12-11-19(13-16-7-3-1-4-8-16)22-15-18-14-20(18)17-9-5-2-6-10-17/h1-10,18-20,22H,11-15H2,(H,23,24)/t18-,19?,20-/m0/s1. The maximum atomic E-state index is 10.9. The van der Waals surface area contributed by atoms with Crippen molar-refractivity contribution in [1.29, 1.82) is 0 Å². The Bertz CT molecular complexity index is 641.